The molecule has 0 saturated carbocycles. The third-order valence-electron chi connectivity index (χ3n) is 4.11. The van der Waals surface area contributed by atoms with Gasteiger partial charge in [0.15, 0.2) is 5.78 Å². The first-order chi connectivity index (χ1) is 11.0. The molecule has 5 heteroatoms. The Morgan fingerprint density at radius 2 is 2.13 bits per heavy atom. The molecule has 23 heavy (non-hydrogen) atoms. The molecule has 0 atom stereocenters. The number of Topliss-reactive ketones (excluding diaryl/α,β-unsaturated/α-hetero) is 1. The first-order valence-corrected chi connectivity index (χ1v) is 8.31. The number of thiazole rings is 1. The molecule has 0 bridgehead atoms. The van der Waals surface area contributed by atoms with Gasteiger partial charge in [0.2, 0.25) is 0 Å². The number of aromatic nitrogens is 2. The van der Waals surface area contributed by atoms with E-state index >= 15 is 0 Å². The lowest BCUT2D eigenvalue weighted by molar-refractivity contribution is 0.102. The molecule has 1 aromatic carbocycles. The smallest absolute Gasteiger partial charge is 0.171 e. The summed E-state index contributed by atoms with van der Waals surface area (Å²) >= 11 is 1.41. The fourth-order valence-corrected chi connectivity index (χ4v) is 3.97. The molecule has 0 aliphatic carbocycles. The van der Waals surface area contributed by atoms with E-state index in [1.165, 1.54) is 11.3 Å². The zero-order valence-electron chi connectivity index (χ0n) is 13.6. The Morgan fingerprint density at radius 3 is 2.70 bits per heavy atom. The first kappa shape index (κ1) is 15.4. The second kappa shape index (κ2) is 5.64. The number of ketones is 1. The van der Waals surface area contributed by atoms with E-state index in [-0.39, 0.29) is 5.78 Å². The Morgan fingerprint density at radius 1 is 1.39 bits per heavy atom. The Hall–Kier alpha value is -2.45. The van der Waals surface area contributed by atoms with E-state index in [9.17, 15) is 10.1 Å². The molecular formula is C18H17N3OS. The number of fused-ring (bicyclic) bond motifs is 1. The number of nitriles is 1. The van der Waals surface area contributed by atoms with Crippen molar-refractivity contribution in [3.8, 4) is 16.6 Å². The molecule has 4 nitrogen and oxygen atoms in total. The highest BCUT2D eigenvalue weighted by atomic mass is 32.1. The van der Waals surface area contributed by atoms with Gasteiger partial charge in [0.1, 0.15) is 11.1 Å². The lowest BCUT2D eigenvalue weighted by Crippen LogP contribution is -1.96. The van der Waals surface area contributed by atoms with Crippen molar-refractivity contribution in [2.45, 2.75) is 34.2 Å². The van der Waals surface area contributed by atoms with Crippen molar-refractivity contribution >= 4 is 28.0 Å². The fraction of sp³-hybridized carbons (Fsp3) is 0.278. The summed E-state index contributed by atoms with van der Waals surface area (Å²) < 4.78 is 2.14. The van der Waals surface area contributed by atoms with Gasteiger partial charge < -0.3 is 4.57 Å². The molecule has 0 saturated heterocycles. The summed E-state index contributed by atoms with van der Waals surface area (Å²) in [4.78, 5) is 16.9. The third-order valence-corrected chi connectivity index (χ3v) is 5.42. The molecule has 0 N–H and O–H groups in total. The number of hydrogen-bond donors (Lipinski definition) is 0. The normalized spacial score (nSPS) is 10.9. The van der Waals surface area contributed by atoms with Gasteiger partial charge in [-0.2, -0.15) is 5.26 Å². The van der Waals surface area contributed by atoms with Gasteiger partial charge in [-0.1, -0.05) is 0 Å². The SMILES string of the molecule is CCn1c(C)c(C#N)c2cc(-c3nc(C)c(C(C)=O)s3)ccc21. The van der Waals surface area contributed by atoms with Gasteiger partial charge in [-0.05, 0) is 39.0 Å². The number of hydrogen-bond acceptors (Lipinski definition) is 4. The number of rotatable bonds is 3. The number of carbonyl (C=O) groups excluding carboxylic acids is 1. The largest absolute Gasteiger partial charge is 0.344 e. The van der Waals surface area contributed by atoms with Crippen LogP contribution < -0.4 is 0 Å². The van der Waals surface area contributed by atoms with Crippen LogP contribution in [-0.2, 0) is 6.54 Å². The minimum atomic E-state index is 0.0398. The highest BCUT2D eigenvalue weighted by molar-refractivity contribution is 7.17. The van der Waals surface area contributed by atoms with Crippen LogP contribution in [0.2, 0.25) is 0 Å². The minimum absolute atomic E-state index is 0.0398. The van der Waals surface area contributed by atoms with Gasteiger partial charge in [-0.15, -0.1) is 11.3 Å². The number of benzene rings is 1. The van der Waals surface area contributed by atoms with Gasteiger partial charge in [0.05, 0.1) is 16.1 Å². The molecule has 0 unspecified atom stereocenters. The lowest BCUT2D eigenvalue weighted by Gasteiger charge is -2.03. The van der Waals surface area contributed by atoms with Crippen LogP contribution in [0.1, 0.15) is 40.5 Å². The molecule has 3 rings (SSSR count). The molecule has 3 aromatic rings. The Balaban J connectivity index is 2.23. The van der Waals surface area contributed by atoms with Gasteiger partial charge in [0, 0.05) is 35.6 Å². The topological polar surface area (TPSA) is 58.7 Å². The van der Waals surface area contributed by atoms with Gasteiger partial charge >= 0.3 is 0 Å². The van der Waals surface area contributed by atoms with Crippen LogP contribution >= 0.6 is 11.3 Å². The van der Waals surface area contributed by atoms with Crippen LogP contribution in [0, 0.1) is 25.2 Å². The Kier molecular flexibility index (Phi) is 3.78. The van der Waals surface area contributed by atoms with Crippen LogP contribution in [0.4, 0.5) is 0 Å². The van der Waals surface area contributed by atoms with Crippen LogP contribution in [0.5, 0.6) is 0 Å². The highest BCUT2D eigenvalue weighted by Gasteiger charge is 2.16. The predicted molar refractivity (Wildman–Crippen MR) is 92.9 cm³/mol. The summed E-state index contributed by atoms with van der Waals surface area (Å²) in [5.41, 5.74) is 4.47. The standard InChI is InChI=1S/C18H17N3OS/c1-5-21-11(3)15(9-19)14-8-13(6-7-16(14)21)18-20-10(2)17(23-18)12(4)22/h6-8H,5H2,1-4H3. The number of carbonyl (C=O) groups is 1. The minimum Gasteiger partial charge on any atom is -0.344 e. The number of aryl methyl sites for hydroxylation is 2. The van der Waals surface area contributed by atoms with Crippen LogP contribution in [0.25, 0.3) is 21.5 Å². The quantitative estimate of drug-likeness (QED) is 0.668. The van der Waals surface area contributed by atoms with Gasteiger partial charge in [-0.25, -0.2) is 4.98 Å². The maximum absolute atomic E-state index is 11.6. The molecule has 0 radical (unpaired) electrons. The third kappa shape index (κ3) is 2.36. The Bertz CT molecular complexity index is 972. The summed E-state index contributed by atoms with van der Waals surface area (Å²) in [7, 11) is 0. The highest BCUT2D eigenvalue weighted by Crippen LogP contribution is 2.33. The molecule has 2 heterocycles. The van der Waals surface area contributed by atoms with Crippen molar-refractivity contribution in [1.82, 2.24) is 9.55 Å². The molecule has 0 aliphatic rings. The van der Waals surface area contributed by atoms with Crippen molar-refractivity contribution in [3.63, 3.8) is 0 Å². The van der Waals surface area contributed by atoms with Gasteiger partial charge in [-0.3, -0.25) is 4.79 Å². The second-order valence-corrected chi connectivity index (χ2v) is 6.54. The summed E-state index contributed by atoms with van der Waals surface area (Å²) in [6.07, 6.45) is 0. The van der Waals surface area contributed by atoms with E-state index in [1.54, 1.807) is 6.92 Å². The monoisotopic (exact) mass is 323 g/mol. The van der Waals surface area contributed by atoms with Crippen molar-refractivity contribution in [3.05, 3.63) is 40.0 Å². The van der Waals surface area contributed by atoms with Crippen molar-refractivity contribution < 1.29 is 4.79 Å². The zero-order valence-corrected chi connectivity index (χ0v) is 14.4. The summed E-state index contributed by atoms with van der Waals surface area (Å²) in [5.74, 6) is 0.0398. The van der Waals surface area contributed by atoms with E-state index in [1.807, 2.05) is 32.0 Å². The maximum Gasteiger partial charge on any atom is 0.171 e. The number of nitrogens with zero attached hydrogens (tertiary/aromatic N) is 3. The molecule has 0 spiro atoms. The summed E-state index contributed by atoms with van der Waals surface area (Å²) in [6, 6.07) is 8.37. The average molecular weight is 323 g/mol. The van der Waals surface area contributed by atoms with E-state index in [0.717, 1.165) is 39.4 Å². The Labute approximate surface area is 139 Å². The molecule has 0 fully saturated rings. The fourth-order valence-electron chi connectivity index (χ4n) is 3.01. The van der Waals surface area contributed by atoms with Gasteiger partial charge in [0.25, 0.3) is 0 Å². The molecule has 116 valence electrons. The summed E-state index contributed by atoms with van der Waals surface area (Å²) in [5, 5.41) is 11.3. The first-order valence-electron chi connectivity index (χ1n) is 7.49. The maximum atomic E-state index is 11.6. The lowest BCUT2D eigenvalue weighted by atomic mass is 10.1. The molecule has 0 aliphatic heterocycles. The second-order valence-electron chi connectivity index (χ2n) is 5.54. The van der Waals surface area contributed by atoms with Crippen LogP contribution in [-0.4, -0.2) is 15.3 Å². The predicted octanol–water partition coefficient (Wildman–Crippen LogP) is 4.48. The van der Waals surface area contributed by atoms with E-state index in [4.69, 9.17) is 0 Å². The molecule has 0 amide bonds. The molecular weight excluding hydrogens is 306 g/mol. The summed E-state index contributed by atoms with van der Waals surface area (Å²) in [6.45, 7) is 8.29. The van der Waals surface area contributed by atoms with Crippen LogP contribution in [0.3, 0.4) is 0 Å². The van der Waals surface area contributed by atoms with Crippen molar-refractivity contribution in [1.29, 1.82) is 5.26 Å². The average Bonchev–Trinajstić information content (AvgIpc) is 3.03. The van der Waals surface area contributed by atoms with E-state index in [0.29, 0.717) is 10.4 Å². The van der Waals surface area contributed by atoms with E-state index in [2.05, 4.69) is 22.5 Å². The van der Waals surface area contributed by atoms with E-state index < -0.39 is 0 Å². The van der Waals surface area contributed by atoms with Crippen molar-refractivity contribution in [2.75, 3.05) is 0 Å². The van der Waals surface area contributed by atoms with Crippen LogP contribution in [0.15, 0.2) is 18.2 Å². The van der Waals surface area contributed by atoms with Crippen molar-refractivity contribution in [2.24, 2.45) is 0 Å². The zero-order chi connectivity index (χ0) is 16.7. The molecule has 2 aromatic heterocycles.